The average molecular weight is 76.1 g/mol. The third-order valence-electron chi connectivity index (χ3n) is 0.0471. The van der Waals surface area contributed by atoms with Crippen LogP contribution in [0.5, 0.6) is 0 Å². The van der Waals surface area contributed by atoms with Gasteiger partial charge in [0.05, 0.1) is 0 Å². The van der Waals surface area contributed by atoms with E-state index in [0.29, 0.717) is 0 Å². The summed E-state index contributed by atoms with van der Waals surface area (Å²) < 4.78 is 0. The molecule has 0 saturated heterocycles. The summed E-state index contributed by atoms with van der Waals surface area (Å²) in [4.78, 5) is 0. The van der Waals surface area contributed by atoms with Crippen LogP contribution in [0.2, 0.25) is 0 Å². The lowest BCUT2D eigenvalue weighted by Gasteiger charge is -1.51. The maximum absolute atomic E-state index is 7.34. The first-order valence-corrected chi connectivity index (χ1v) is 1.17. The normalized spacial score (nSPS) is 9.00. The molecule has 0 atom stereocenters. The van der Waals surface area contributed by atoms with E-state index in [1.54, 1.807) is 0 Å². The van der Waals surface area contributed by atoms with Gasteiger partial charge in [-0.3, -0.25) is 0 Å². The van der Waals surface area contributed by atoms with Crippen LogP contribution in [0.1, 0.15) is 0 Å². The molecule has 0 fully saturated rings. The first-order chi connectivity index (χ1) is 1.91. The van der Waals surface area contributed by atoms with Gasteiger partial charge in [0, 0.05) is 0 Å². The van der Waals surface area contributed by atoms with Gasteiger partial charge in [-0.15, -0.1) is 0 Å². The van der Waals surface area contributed by atoms with Crippen molar-refractivity contribution in [2.24, 2.45) is 5.16 Å². The van der Waals surface area contributed by atoms with E-state index in [2.05, 4.69) is 17.8 Å². The molecule has 4 heavy (non-hydrogen) atoms. The summed E-state index contributed by atoms with van der Waals surface area (Å²) in [5.41, 5.74) is 0.889. The summed E-state index contributed by atoms with van der Waals surface area (Å²) in [7, 11) is 0. The van der Waals surface area contributed by atoms with Gasteiger partial charge in [-0.2, -0.15) is 0 Å². The largest absolute Gasteiger partial charge is 0.410 e. The molecule has 0 saturated carbocycles. The lowest BCUT2D eigenvalue weighted by molar-refractivity contribution is 0.323. The maximum Gasteiger partial charge on any atom is 0.129 e. The second-order valence-electron chi connectivity index (χ2n) is 0.221. The first kappa shape index (κ1) is 3.69. The van der Waals surface area contributed by atoms with Gasteiger partial charge in [-0.1, -0.05) is 17.8 Å². The smallest absolute Gasteiger partial charge is 0.129 e. The van der Waals surface area contributed by atoms with Gasteiger partial charge in [-0.25, -0.2) is 0 Å². The van der Waals surface area contributed by atoms with Crippen LogP contribution >= 0.6 is 12.6 Å². The summed E-state index contributed by atoms with van der Waals surface area (Å²) in [6.07, 6.45) is 0. The third kappa shape index (κ3) is 1.69. The Balaban J connectivity index is 2.55. The van der Waals surface area contributed by atoms with Crippen molar-refractivity contribution in [2.75, 3.05) is 0 Å². The van der Waals surface area contributed by atoms with Gasteiger partial charge in [0.15, 0.2) is 0 Å². The average Bonchev–Trinajstić information content (AvgIpc) is 1.37. The second kappa shape index (κ2) is 2.69. The lowest BCUT2D eigenvalue weighted by Crippen LogP contribution is -1.43. The zero-order valence-corrected chi connectivity index (χ0v) is 2.70. The van der Waals surface area contributed by atoms with Gasteiger partial charge in [-0.05, 0) is 0 Å². The third-order valence-corrected chi connectivity index (χ3v) is 0.141. The quantitative estimate of drug-likeness (QED) is 0.195. The Labute approximate surface area is 29.5 Å². The van der Waals surface area contributed by atoms with E-state index in [9.17, 15) is 0 Å². The molecule has 3 heteroatoms. The Bertz CT molecular complexity index is 23.2. The summed E-state index contributed by atoms with van der Waals surface area (Å²) in [6.45, 7) is 0. The van der Waals surface area contributed by atoms with Gasteiger partial charge < -0.3 is 5.21 Å². The van der Waals surface area contributed by atoms with Crippen molar-refractivity contribution >= 4 is 18.2 Å². The highest BCUT2D eigenvalue weighted by atomic mass is 32.1. The van der Waals surface area contributed by atoms with Crippen molar-refractivity contribution in [1.29, 1.82) is 0 Å². The minimum atomic E-state index is 0.889. The Hall–Kier alpha value is -0.310. The van der Waals surface area contributed by atoms with E-state index >= 15 is 0 Å². The van der Waals surface area contributed by atoms with Gasteiger partial charge in [0.1, 0.15) is 5.55 Å². The second-order valence-corrected chi connectivity index (χ2v) is 0.432. The molecule has 0 aliphatic carbocycles. The standard InChI is InChI=1S/CH2NOS/c3-2-1-4/h1,3H. The molecular weight excluding hydrogens is 74.1 g/mol. The highest BCUT2D eigenvalue weighted by molar-refractivity contribution is 7.94. The summed E-state index contributed by atoms with van der Waals surface area (Å²) in [5, 5.41) is 9.77. The van der Waals surface area contributed by atoms with Crippen molar-refractivity contribution in [2.45, 2.75) is 0 Å². The molecule has 0 aromatic heterocycles. The summed E-state index contributed by atoms with van der Waals surface area (Å²) in [6, 6.07) is 0. The van der Waals surface area contributed by atoms with E-state index in [1.165, 1.54) is 0 Å². The summed E-state index contributed by atoms with van der Waals surface area (Å²) in [5.74, 6) is 0. The minimum Gasteiger partial charge on any atom is -0.410 e. The molecule has 0 aromatic rings. The lowest BCUT2D eigenvalue weighted by atomic mass is 11.7. The fourth-order valence-electron chi connectivity index (χ4n) is 0. The topological polar surface area (TPSA) is 32.6 Å². The van der Waals surface area contributed by atoms with Crippen LogP contribution in [0, 0.1) is 0 Å². The number of nitrogens with zero attached hydrogens (tertiary/aromatic N) is 1. The minimum absolute atomic E-state index is 0.889. The first-order valence-electron chi connectivity index (χ1n) is 0.694. The highest BCUT2D eigenvalue weighted by Gasteiger charge is 1.38. The Morgan fingerprint density at radius 2 is 2.25 bits per heavy atom. The molecule has 2 nitrogen and oxygen atoms in total. The van der Waals surface area contributed by atoms with Crippen LogP contribution in [-0.2, 0) is 0 Å². The Morgan fingerprint density at radius 3 is 2.25 bits per heavy atom. The van der Waals surface area contributed by atoms with E-state index in [0.717, 1.165) is 5.55 Å². The van der Waals surface area contributed by atoms with Gasteiger partial charge in [0.25, 0.3) is 0 Å². The van der Waals surface area contributed by atoms with E-state index in [-0.39, 0.29) is 0 Å². The van der Waals surface area contributed by atoms with Crippen molar-refractivity contribution in [1.82, 2.24) is 0 Å². The van der Waals surface area contributed by atoms with Crippen LogP contribution in [0.15, 0.2) is 5.16 Å². The molecule has 0 unspecified atom stereocenters. The van der Waals surface area contributed by atoms with E-state index in [4.69, 9.17) is 5.21 Å². The predicted molar refractivity (Wildman–Crippen MR) is 17.9 cm³/mol. The number of hydrogen-bond acceptors (Lipinski definition) is 2. The number of rotatable bonds is 0. The van der Waals surface area contributed by atoms with Crippen molar-refractivity contribution in [3.63, 3.8) is 0 Å². The molecule has 0 bridgehead atoms. The molecule has 0 aromatic carbocycles. The predicted octanol–water partition coefficient (Wildman–Crippen LogP) is 0.601. The molecule has 0 rings (SSSR count). The molecule has 1 radical (unpaired) electrons. The zero-order chi connectivity index (χ0) is 3.41. The number of oxime groups is 1. The summed E-state index contributed by atoms with van der Waals surface area (Å²) >= 11 is 4.01. The highest BCUT2D eigenvalue weighted by Crippen LogP contribution is 1.52. The van der Waals surface area contributed by atoms with E-state index < -0.39 is 0 Å². The molecule has 0 spiro atoms. The zero-order valence-electron chi connectivity index (χ0n) is 1.88. The monoisotopic (exact) mass is 76.0 g/mol. The number of hydrogen-bond donors (Lipinski definition) is 1. The molecular formula is CH2NOS. The van der Waals surface area contributed by atoms with Crippen LogP contribution < -0.4 is 0 Å². The van der Waals surface area contributed by atoms with Crippen molar-refractivity contribution in [3.8, 4) is 0 Å². The van der Waals surface area contributed by atoms with Crippen LogP contribution in [-0.4, -0.2) is 10.8 Å². The molecule has 23 valence electrons. The Morgan fingerprint density at radius 1 is 2.00 bits per heavy atom. The van der Waals surface area contributed by atoms with Crippen LogP contribution in [0.25, 0.3) is 0 Å². The van der Waals surface area contributed by atoms with Gasteiger partial charge in [0.2, 0.25) is 0 Å². The van der Waals surface area contributed by atoms with Crippen LogP contribution in [0.3, 0.4) is 0 Å². The van der Waals surface area contributed by atoms with Crippen LogP contribution in [0.4, 0.5) is 0 Å². The van der Waals surface area contributed by atoms with Gasteiger partial charge >= 0.3 is 0 Å². The fourth-order valence-corrected chi connectivity index (χ4v) is 0. The van der Waals surface area contributed by atoms with E-state index in [1.807, 2.05) is 0 Å². The molecule has 0 amide bonds. The maximum atomic E-state index is 7.34. The van der Waals surface area contributed by atoms with Crippen molar-refractivity contribution < 1.29 is 5.21 Å². The SMILES string of the molecule is ON=C[S]. The molecule has 0 aliphatic heterocycles. The fraction of sp³-hybridized carbons (Fsp3) is 0. The Kier molecular flexibility index (Phi) is 2.48. The van der Waals surface area contributed by atoms with Crippen molar-refractivity contribution in [3.05, 3.63) is 0 Å². The molecule has 0 aliphatic rings. The molecule has 0 heterocycles. The molecule has 1 N–H and O–H groups in total.